The van der Waals surface area contributed by atoms with Crippen molar-refractivity contribution in [2.45, 2.75) is 19.3 Å². The zero-order valence-corrected chi connectivity index (χ0v) is 8.38. The van der Waals surface area contributed by atoms with Gasteiger partial charge in [0.1, 0.15) is 11.6 Å². The Morgan fingerprint density at radius 3 is 2.85 bits per heavy atom. The molecule has 0 atom stereocenters. The van der Waals surface area contributed by atoms with Crippen LogP contribution >= 0.6 is 12.4 Å². The minimum Gasteiger partial charge on any atom is -0.338 e. The molecule has 0 bridgehead atoms. The van der Waals surface area contributed by atoms with Crippen molar-refractivity contribution in [2.24, 2.45) is 13.0 Å². The number of Topliss-reactive ketones (excluding diaryl/α,β-unsaturated/α-hetero) is 1. The largest absolute Gasteiger partial charge is 0.338 e. The summed E-state index contributed by atoms with van der Waals surface area (Å²) >= 11 is 0. The molecular formula is C9H13ClN2O. The van der Waals surface area contributed by atoms with Crippen molar-refractivity contribution in [1.29, 1.82) is 0 Å². The highest BCUT2D eigenvalue weighted by Crippen LogP contribution is 2.30. The van der Waals surface area contributed by atoms with Gasteiger partial charge in [0.25, 0.3) is 0 Å². The van der Waals surface area contributed by atoms with Gasteiger partial charge in [-0.3, -0.25) is 4.79 Å². The average molecular weight is 201 g/mol. The molecule has 0 unspecified atom stereocenters. The summed E-state index contributed by atoms with van der Waals surface area (Å²) in [6.07, 6.45) is 6.28. The van der Waals surface area contributed by atoms with Gasteiger partial charge in [-0.05, 0) is 12.8 Å². The van der Waals surface area contributed by atoms with Crippen LogP contribution in [0.3, 0.4) is 0 Å². The number of carbonyl (C=O) groups is 1. The summed E-state index contributed by atoms with van der Waals surface area (Å²) in [5.74, 6) is 1.58. The zero-order chi connectivity index (χ0) is 8.55. The summed E-state index contributed by atoms with van der Waals surface area (Å²) < 4.78 is 1.90. The van der Waals surface area contributed by atoms with Gasteiger partial charge >= 0.3 is 0 Å². The molecule has 0 aliphatic heterocycles. The standard InChI is InChI=1S/C9H12N2O.ClH/c1-11-5-4-10-9(11)6-8(12)7-2-3-7;/h4-5,7H,2-3,6H2,1H3;1H. The van der Waals surface area contributed by atoms with Crippen LogP contribution in [0.5, 0.6) is 0 Å². The minimum absolute atomic E-state index is 0. The van der Waals surface area contributed by atoms with Crippen molar-refractivity contribution in [3.63, 3.8) is 0 Å². The maximum atomic E-state index is 11.4. The third-order valence-electron chi connectivity index (χ3n) is 2.29. The topological polar surface area (TPSA) is 34.9 Å². The van der Waals surface area contributed by atoms with E-state index in [4.69, 9.17) is 0 Å². The van der Waals surface area contributed by atoms with E-state index in [-0.39, 0.29) is 12.4 Å². The number of nitrogens with zero attached hydrogens (tertiary/aromatic N) is 2. The van der Waals surface area contributed by atoms with Crippen LogP contribution in [0.4, 0.5) is 0 Å². The maximum Gasteiger partial charge on any atom is 0.143 e. The van der Waals surface area contributed by atoms with E-state index < -0.39 is 0 Å². The Kier molecular flexibility index (Phi) is 3.09. The van der Waals surface area contributed by atoms with Gasteiger partial charge in [0.05, 0.1) is 6.42 Å². The molecule has 1 fully saturated rings. The number of hydrogen-bond acceptors (Lipinski definition) is 2. The van der Waals surface area contributed by atoms with E-state index in [1.54, 1.807) is 6.20 Å². The molecule has 1 heterocycles. The molecule has 1 aromatic rings. The SMILES string of the molecule is Cl.Cn1ccnc1CC(=O)C1CC1. The molecule has 0 saturated heterocycles. The van der Waals surface area contributed by atoms with Crippen molar-refractivity contribution in [2.75, 3.05) is 0 Å². The average Bonchev–Trinajstić information content (AvgIpc) is 2.80. The van der Waals surface area contributed by atoms with E-state index in [2.05, 4.69) is 4.98 Å². The number of carbonyl (C=O) groups excluding carboxylic acids is 1. The molecule has 0 spiro atoms. The fourth-order valence-corrected chi connectivity index (χ4v) is 1.27. The molecule has 72 valence electrons. The van der Waals surface area contributed by atoms with Crippen LogP contribution in [0, 0.1) is 5.92 Å². The molecule has 4 heteroatoms. The molecule has 3 nitrogen and oxygen atoms in total. The Labute approximate surface area is 83.6 Å². The zero-order valence-electron chi connectivity index (χ0n) is 7.56. The third kappa shape index (κ3) is 2.31. The molecule has 0 N–H and O–H groups in total. The summed E-state index contributed by atoms with van der Waals surface area (Å²) in [5, 5.41) is 0. The number of aryl methyl sites for hydroxylation is 1. The Morgan fingerprint density at radius 2 is 2.38 bits per heavy atom. The second kappa shape index (κ2) is 3.92. The highest BCUT2D eigenvalue weighted by molar-refractivity contribution is 5.85. The highest BCUT2D eigenvalue weighted by atomic mass is 35.5. The van der Waals surface area contributed by atoms with E-state index in [1.807, 2.05) is 17.8 Å². The Morgan fingerprint density at radius 1 is 1.69 bits per heavy atom. The minimum atomic E-state index is 0. The van der Waals surface area contributed by atoms with Crippen molar-refractivity contribution in [1.82, 2.24) is 9.55 Å². The first-order valence-electron chi connectivity index (χ1n) is 4.26. The summed E-state index contributed by atoms with van der Waals surface area (Å²) in [6.45, 7) is 0. The van der Waals surface area contributed by atoms with Crippen LogP contribution in [-0.4, -0.2) is 15.3 Å². The van der Waals surface area contributed by atoms with Gasteiger partial charge in [-0.1, -0.05) is 0 Å². The number of rotatable bonds is 3. The summed E-state index contributed by atoms with van der Waals surface area (Å²) in [5.41, 5.74) is 0. The van der Waals surface area contributed by atoms with Gasteiger partial charge in [-0.15, -0.1) is 12.4 Å². The van der Waals surface area contributed by atoms with Crippen LogP contribution in [0.25, 0.3) is 0 Å². The number of hydrogen-bond donors (Lipinski definition) is 0. The normalized spacial score (nSPS) is 15.2. The van der Waals surface area contributed by atoms with Crippen LogP contribution in [0.15, 0.2) is 12.4 Å². The Balaban J connectivity index is 0.000000845. The van der Waals surface area contributed by atoms with Crippen LogP contribution in [0.2, 0.25) is 0 Å². The molecule has 13 heavy (non-hydrogen) atoms. The van der Waals surface area contributed by atoms with E-state index in [9.17, 15) is 4.79 Å². The highest BCUT2D eigenvalue weighted by Gasteiger charge is 2.29. The maximum absolute atomic E-state index is 11.4. The van der Waals surface area contributed by atoms with E-state index in [0.717, 1.165) is 18.7 Å². The lowest BCUT2D eigenvalue weighted by atomic mass is 10.2. The van der Waals surface area contributed by atoms with Gasteiger partial charge in [0, 0.05) is 25.4 Å². The monoisotopic (exact) mass is 200 g/mol. The predicted molar refractivity (Wildman–Crippen MR) is 51.9 cm³/mol. The second-order valence-electron chi connectivity index (χ2n) is 3.37. The third-order valence-corrected chi connectivity index (χ3v) is 2.29. The predicted octanol–water partition coefficient (Wildman–Crippen LogP) is 1.36. The molecule has 1 aliphatic rings. The first-order chi connectivity index (χ1) is 5.77. The van der Waals surface area contributed by atoms with E-state index in [0.29, 0.717) is 18.1 Å². The lowest BCUT2D eigenvalue weighted by Gasteiger charge is -1.98. The summed E-state index contributed by atoms with van der Waals surface area (Å²) in [4.78, 5) is 15.5. The summed E-state index contributed by atoms with van der Waals surface area (Å²) in [7, 11) is 1.92. The van der Waals surface area contributed by atoms with Crippen LogP contribution in [0.1, 0.15) is 18.7 Å². The smallest absolute Gasteiger partial charge is 0.143 e. The Hall–Kier alpha value is -0.830. The van der Waals surface area contributed by atoms with Gasteiger partial charge in [0.15, 0.2) is 0 Å². The fraction of sp³-hybridized carbons (Fsp3) is 0.556. The van der Waals surface area contributed by atoms with Crippen molar-refractivity contribution in [3.8, 4) is 0 Å². The van der Waals surface area contributed by atoms with Crippen LogP contribution in [-0.2, 0) is 18.3 Å². The second-order valence-corrected chi connectivity index (χ2v) is 3.37. The van der Waals surface area contributed by atoms with Gasteiger partial charge in [0.2, 0.25) is 0 Å². The molecule has 0 radical (unpaired) electrons. The number of aromatic nitrogens is 2. The first-order valence-corrected chi connectivity index (χ1v) is 4.26. The molecule has 1 aliphatic carbocycles. The number of halogens is 1. The van der Waals surface area contributed by atoms with Gasteiger partial charge in [-0.25, -0.2) is 4.98 Å². The lowest BCUT2D eigenvalue weighted by Crippen LogP contribution is -2.09. The van der Waals surface area contributed by atoms with E-state index in [1.165, 1.54) is 0 Å². The van der Waals surface area contributed by atoms with Crippen LogP contribution < -0.4 is 0 Å². The first kappa shape index (κ1) is 10.3. The molecule has 1 saturated carbocycles. The molecule has 2 rings (SSSR count). The number of imidazole rings is 1. The molecular weight excluding hydrogens is 188 g/mol. The van der Waals surface area contributed by atoms with Gasteiger partial charge in [-0.2, -0.15) is 0 Å². The number of ketones is 1. The molecule has 1 aromatic heterocycles. The van der Waals surface area contributed by atoms with Gasteiger partial charge < -0.3 is 4.57 Å². The fourth-order valence-electron chi connectivity index (χ4n) is 1.27. The van der Waals surface area contributed by atoms with E-state index >= 15 is 0 Å². The molecule has 0 amide bonds. The Bertz CT molecular complexity index is 304. The quantitative estimate of drug-likeness (QED) is 0.739. The lowest BCUT2D eigenvalue weighted by molar-refractivity contribution is -0.119. The van der Waals surface area contributed by atoms with Crippen molar-refractivity contribution in [3.05, 3.63) is 18.2 Å². The van der Waals surface area contributed by atoms with Crippen molar-refractivity contribution >= 4 is 18.2 Å². The molecule has 0 aromatic carbocycles. The summed E-state index contributed by atoms with van der Waals surface area (Å²) in [6, 6.07) is 0. The van der Waals surface area contributed by atoms with Crippen molar-refractivity contribution < 1.29 is 4.79 Å².